The van der Waals surface area contributed by atoms with Crippen LogP contribution in [0.1, 0.15) is 6.42 Å². The van der Waals surface area contributed by atoms with Crippen LogP contribution in [0, 0.1) is 0 Å². The standard InChI is InChI=1S/C9H14N4O3S/c1-17(15,16)5-3-7(10)9(14)13-8-2-4-11-6-12-8/h2,4,6-7H,3,5,10H2,1H3,(H,11,12,13,14)/t7-/m0/s1. The molecule has 1 aromatic rings. The molecule has 3 N–H and O–H groups in total. The lowest BCUT2D eigenvalue weighted by Gasteiger charge is -2.10. The van der Waals surface area contributed by atoms with Gasteiger partial charge in [0.05, 0.1) is 11.8 Å². The molecule has 0 fully saturated rings. The number of rotatable bonds is 5. The number of nitrogens with one attached hydrogen (secondary N) is 1. The predicted molar refractivity (Wildman–Crippen MR) is 63.0 cm³/mol. The molecule has 1 aromatic heterocycles. The highest BCUT2D eigenvalue weighted by Crippen LogP contribution is 2.01. The zero-order valence-corrected chi connectivity index (χ0v) is 10.1. The summed E-state index contributed by atoms with van der Waals surface area (Å²) in [4.78, 5) is 19.0. The van der Waals surface area contributed by atoms with Crippen LogP contribution in [0.25, 0.3) is 0 Å². The lowest BCUT2D eigenvalue weighted by molar-refractivity contribution is -0.117. The van der Waals surface area contributed by atoms with E-state index in [1.165, 1.54) is 18.6 Å². The van der Waals surface area contributed by atoms with Crippen LogP contribution in [0.15, 0.2) is 18.6 Å². The van der Waals surface area contributed by atoms with Gasteiger partial charge < -0.3 is 11.1 Å². The van der Waals surface area contributed by atoms with Gasteiger partial charge in [0, 0.05) is 12.5 Å². The van der Waals surface area contributed by atoms with E-state index >= 15 is 0 Å². The fraction of sp³-hybridized carbons (Fsp3) is 0.444. The Balaban J connectivity index is 2.48. The summed E-state index contributed by atoms with van der Waals surface area (Å²) < 4.78 is 21.8. The van der Waals surface area contributed by atoms with Crippen molar-refractivity contribution in [2.24, 2.45) is 5.73 Å². The first-order valence-corrected chi connectivity index (χ1v) is 6.95. The quantitative estimate of drug-likeness (QED) is 0.712. The molecule has 0 aliphatic rings. The minimum atomic E-state index is -3.11. The summed E-state index contributed by atoms with van der Waals surface area (Å²) in [6.45, 7) is 0. The maximum Gasteiger partial charge on any atom is 0.242 e. The molecule has 8 heteroatoms. The second-order valence-corrected chi connectivity index (χ2v) is 5.87. The van der Waals surface area contributed by atoms with E-state index in [-0.39, 0.29) is 12.2 Å². The summed E-state index contributed by atoms with van der Waals surface area (Å²) in [5.41, 5.74) is 5.55. The molecule has 0 aliphatic carbocycles. The molecular weight excluding hydrogens is 244 g/mol. The Kier molecular flexibility index (Phi) is 4.53. The Morgan fingerprint density at radius 1 is 1.59 bits per heavy atom. The van der Waals surface area contributed by atoms with Gasteiger partial charge in [0.2, 0.25) is 5.91 Å². The maximum absolute atomic E-state index is 11.5. The number of nitrogens with zero attached hydrogens (tertiary/aromatic N) is 2. The highest BCUT2D eigenvalue weighted by molar-refractivity contribution is 7.90. The van der Waals surface area contributed by atoms with Crippen LogP contribution in [0.4, 0.5) is 5.82 Å². The molecular formula is C9H14N4O3S. The van der Waals surface area contributed by atoms with Gasteiger partial charge in [-0.3, -0.25) is 4.79 Å². The molecule has 0 radical (unpaired) electrons. The van der Waals surface area contributed by atoms with Crippen molar-refractivity contribution in [2.45, 2.75) is 12.5 Å². The van der Waals surface area contributed by atoms with Crippen molar-refractivity contribution in [2.75, 3.05) is 17.3 Å². The Bertz CT molecular complexity index is 474. The molecule has 0 bridgehead atoms. The SMILES string of the molecule is CS(=O)(=O)CC[C@H](N)C(=O)Nc1ccncn1. The molecule has 1 rings (SSSR count). The second-order valence-electron chi connectivity index (χ2n) is 3.61. The fourth-order valence-electron chi connectivity index (χ4n) is 1.06. The van der Waals surface area contributed by atoms with E-state index in [9.17, 15) is 13.2 Å². The topological polar surface area (TPSA) is 115 Å². The van der Waals surface area contributed by atoms with Crippen molar-refractivity contribution < 1.29 is 13.2 Å². The van der Waals surface area contributed by atoms with Gasteiger partial charge in [0.15, 0.2) is 0 Å². The van der Waals surface area contributed by atoms with E-state index in [0.717, 1.165) is 6.26 Å². The molecule has 1 heterocycles. The number of nitrogens with two attached hydrogens (primary N) is 1. The van der Waals surface area contributed by atoms with Gasteiger partial charge in [-0.1, -0.05) is 0 Å². The van der Waals surface area contributed by atoms with E-state index in [1.807, 2.05) is 0 Å². The summed E-state index contributed by atoms with van der Waals surface area (Å²) in [5.74, 6) is -0.252. The Labute approximate surface area is 99.4 Å². The zero-order chi connectivity index (χ0) is 12.9. The molecule has 0 saturated heterocycles. The third-order valence-corrected chi connectivity index (χ3v) is 2.95. The van der Waals surface area contributed by atoms with Gasteiger partial charge in [0.1, 0.15) is 22.0 Å². The van der Waals surface area contributed by atoms with E-state index < -0.39 is 21.8 Å². The Hall–Kier alpha value is -1.54. The molecule has 1 amide bonds. The van der Waals surface area contributed by atoms with Gasteiger partial charge in [-0.15, -0.1) is 0 Å². The number of hydrogen-bond donors (Lipinski definition) is 2. The van der Waals surface area contributed by atoms with Gasteiger partial charge in [0.25, 0.3) is 0 Å². The van der Waals surface area contributed by atoms with Gasteiger partial charge in [-0.2, -0.15) is 0 Å². The molecule has 0 unspecified atom stereocenters. The van der Waals surface area contributed by atoms with Crippen molar-refractivity contribution >= 4 is 21.6 Å². The molecule has 0 aliphatic heterocycles. The van der Waals surface area contributed by atoms with Crippen molar-refractivity contribution in [3.8, 4) is 0 Å². The highest BCUT2D eigenvalue weighted by atomic mass is 32.2. The number of hydrogen-bond acceptors (Lipinski definition) is 6. The monoisotopic (exact) mass is 258 g/mol. The third kappa shape index (κ3) is 5.36. The first-order chi connectivity index (χ1) is 7.88. The average Bonchev–Trinajstić information content (AvgIpc) is 2.26. The third-order valence-electron chi connectivity index (χ3n) is 1.97. The minimum absolute atomic E-state index is 0.0791. The molecule has 0 aromatic carbocycles. The number of sulfone groups is 1. The van der Waals surface area contributed by atoms with Crippen LogP contribution >= 0.6 is 0 Å². The zero-order valence-electron chi connectivity index (χ0n) is 9.33. The van der Waals surface area contributed by atoms with Gasteiger partial charge >= 0.3 is 0 Å². The lowest BCUT2D eigenvalue weighted by atomic mass is 10.2. The Morgan fingerprint density at radius 3 is 2.82 bits per heavy atom. The van der Waals surface area contributed by atoms with E-state index in [1.54, 1.807) is 0 Å². The first kappa shape index (κ1) is 13.5. The van der Waals surface area contributed by atoms with Crippen molar-refractivity contribution in [3.05, 3.63) is 18.6 Å². The predicted octanol–water partition coefficient (Wildman–Crippen LogP) is -0.823. The summed E-state index contributed by atoms with van der Waals surface area (Å²) in [6, 6.07) is 0.640. The molecule has 94 valence electrons. The largest absolute Gasteiger partial charge is 0.320 e. The highest BCUT2D eigenvalue weighted by Gasteiger charge is 2.16. The van der Waals surface area contributed by atoms with Crippen LogP contribution in [-0.4, -0.2) is 42.3 Å². The van der Waals surface area contributed by atoms with Crippen LogP contribution in [-0.2, 0) is 14.6 Å². The van der Waals surface area contributed by atoms with E-state index in [0.29, 0.717) is 5.82 Å². The molecule has 17 heavy (non-hydrogen) atoms. The summed E-state index contributed by atoms with van der Waals surface area (Å²) in [7, 11) is -3.11. The first-order valence-electron chi connectivity index (χ1n) is 4.88. The molecule has 1 atom stereocenters. The second kappa shape index (κ2) is 5.69. The van der Waals surface area contributed by atoms with Crippen molar-refractivity contribution in [1.82, 2.24) is 9.97 Å². The normalized spacial score (nSPS) is 13.1. The van der Waals surface area contributed by atoms with Crippen molar-refractivity contribution in [3.63, 3.8) is 0 Å². The number of aromatic nitrogens is 2. The summed E-state index contributed by atoms with van der Waals surface area (Å²) in [5, 5.41) is 2.47. The summed E-state index contributed by atoms with van der Waals surface area (Å²) in [6.07, 6.45) is 3.94. The average molecular weight is 258 g/mol. The Morgan fingerprint density at radius 2 is 2.29 bits per heavy atom. The number of anilines is 1. The fourth-order valence-corrected chi connectivity index (χ4v) is 1.74. The van der Waals surface area contributed by atoms with Crippen LogP contribution in [0.3, 0.4) is 0 Å². The number of amides is 1. The summed E-state index contributed by atoms with van der Waals surface area (Å²) >= 11 is 0. The van der Waals surface area contributed by atoms with Crippen LogP contribution < -0.4 is 11.1 Å². The number of carbonyl (C=O) groups excluding carboxylic acids is 1. The minimum Gasteiger partial charge on any atom is -0.320 e. The van der Waals surface area contributed by atoms with Gasteiger partial charge in [-0.25, -0.2) is 18.4 Å². The van der Waals surface area contributed by atoms with Gasteiger partial charge in [-0.05, 0) is 12.5 Å². The molecule has 0 saturated carbocycles. The molecule has 0 spiro atoms. The van der Waals surface area contributed by atoms with E-state index in [4.69, 9.17) is 5.73 Å². The van der Waals surface area contributed by atoms with Crippen LogP contribution in [0.5, 0.6) is 0 Å². The maximum atomic E-state index is 11.5. The lowest BCUT2D eigenvalue weighted by Crippen LogP contribution is -2.37. The van der Waals surface area contributed by atoms with E-state index in [2.05, 4.69) is 15.3 Å². The van der Waals surface area contributed by atoms with Crippen molar-refractivity contribution in [1.29, 1.82) is 0 Å². The molecule has 7 nitrogen and oxygen atoms in total. The number of carbonyl (C=O) groups is 1. The smallest absolute Gasteiger partial charge is 0.242 e. The van der Waals surface area contributed by atoms with Crippen LogP contribution in [0.2, 0.25) is 0 Å².